The second-order valence-corrected chi connectivity index (χ2v) is 2.20. The Morgan fingerprint density at radius 1 is 1.83 bits per heavy atom. The van der Waals surface area contributed by atoms with Crippen molar-refractivity contribution in [1.82, 2.24) is 9.55 Å². The lowest BCUT2D eigenvalue weighted by Gasteiger charge is -1.99. The molecule has 0 unspecified atom stereocenters. The van der Waals surface area contributed by atoms with Crippen LogP contribution >= 0.6 is 0 Å². The summed E-state index contributed by atoms with van der Waals surface area (Å²) in [6.07, 6.45) is 2.86. The summed E-state index contributed by atoms with van der Waals surface area (Å²) in [5.41, 5.74) is 0.0368. The van der Waals surface area contributed by atoms with Crippen molar-refractivity contribution in [3.8, 4) is 0 Å². The fourth-order valence-electron chi connectivity index (χ4n) is 0.738. The maximum absolute atomic E-state index is 10.4. The Hall–Kier alpha value is -1.36. The number of aromatic nitrogens is 2. The summed E-state index contributed by atoms with van der Waals surface area (Å²) in [5, 5.41) is 8.51. The first-order valence-electron chi connectivity index (χ1n) is 3.57. The zero-order valence-corrected chi connectivity index (χ0v) is 6.73. The van der Waals surface area contributed by atoms with Crippen molar-refractivity contribution >= 4 is 5.97 Å². The number of nitrogens with zero attached hydrogens (tertiary/aromatic N) is 2. The molecule has 0 bridgehead atoms. The second kappa shape index (κ2) is 3.87. The molecule has 0 aliphatic carbocycles. The van der Waals surface area contributed by atoms with E-state index in [2.05, 4.69) is 4.98 Å². The first kappa shape index (κ1) is 8.73. The Morgan fingerprint density at radius 3 is 3.08 bits per heavy atom. The third kappa shape index (κ3) is 2.06. The molecule has 5 nitrogen and oxygen atoms in total. The van der Waals surface area contributed by atoms with E-state index in [1.807, 2.05) is 6.92 Å². The van der Waals surface area contributed by atoms with Crippen LogP contribution in [0.2, 0.25) is 0 Å². The average molecular weight is 170 g/mol. The van der Waals surface area contributed by atoms with Gasteiger partial charge in [-0.05, 0) is 6.92 Å². The van der Waals surface area contributed by atoms with Crippen LogP contribution in [-0.2, 0) is 11.5 Å². The molecule has 66 valence electrons. The van der Waals surface area contributed by atoms with Crippen molar-refractivity contribution in [2.24, 2.45) is 0 Å². The van der Waals surface area contributed by atoms with E-state index in [1.165, 1.54) is 12.5 Å². The third-order valence-corrected chi connectivity index (χ3v) is 1.30. The number of ether oxygens (including phenoxy) is 1. The summed E-state index contributed by atoms with van der Waals surface area (Å²) in [5.74, 6) is -1.02. The minimum Gasteiger partial charge on any atom is -0.476 e. The molecule has 0 aliphatic heterocycles. The summed E-state index contributed by atoms with van der Waals surface area (Å²) in [4.78, 5) is 14.0. The standard InChI is InChI=1S/C7H10N2O3/c1-2-12-5-9-3-6(7(10)11)8-4-9/h3-4H,2,5H2,1H3,(H,10,11). The highest BCUT2D eigenvalue weighted by Gasteiger charge is 2.05. The molecule has 1 N–H and O–H groups in total. The van der Waals surface area contributed by atoms with Crippen molar-refractivity contribution in [2.45, 2.75) is 13.7 Å². The summed E-state index contributed by atoms with van der Waals surface area (Å²) in [7, 11) is 0. The van der Waals surface area contributed by atoms with Gasteiger partial charge in [-0.15, -0.1) is 0 Å². The van der Waals surface area contributed by atoms with Gasteiger partial charge < -0.3 is 14.4 Å². The van der Waals surface area contributed by atoms with Crippen LogP contribution in [0.1, 0.15) is 17.4 Å². The lowest BCUT2D eigenvalue weighted by Crippen LogP contribution is -2.00. The number of carboxylic acid groups (broad SMARTS) is 1. The highest BCUT2D eigenvalue weighted by molar-refractivity contribution is 5.84. The first-order chi connectivity index (χ1) is 5.74. The lowest BCUT2D eigenvalue weighted by molar-refractivity contribution is 0.0689. The van der Waals surface area contributed by atoms with Crippen LogP contribution in [-0.4, -0.2) is 27.2 Å². The highest BCUT2D eigenvalue weighted by atomic mass is 16.5. The van der Waals surface area contributed by atoms with Crippen LogP contribution in [0, 0.1) is 0 Å². The molecule has 0 fully saturated rings. The van der Waals surface area contributed by atoms with E-state index in [-0.39, 0.29) is 5.69 Å². The fraction of sp³-hybridized carbons (Fsp3) is 0.429. The van der Waals surface area contributed by atoms with Crippen LogP contribution in [0.4, 0.5) is 0 Å². The number of carbonyl (C=O) groups is 1. The predicted molar refractivity (Wildman–Crippen MR) is 40.8 cm³/mol. The van der Waals surface area contributed by atoms with Gasteiger partial charge in [0, 0.05) is 12.8 Å². The molecule has 0 atom stereocenters. The average Bonchev–Trinajstić information content (AvgIpc) is 2.48. The number of hydrogen-bond donors (Lipinski definition) is 1. The Balaban J connectivity index is 2.58. The zero-order chi connectivity index (χ0) is 8.97. The molecule has 0 saturated carbocycles. The fourth-order valence-corrected chi connectivity index (χ4v) is 0.738. The molecule has 1 aromatic heterocycles. The van der Waals surface area contributed by atoms with E-state index in [0.29, 0.717) is 13.3 Å². The zero-order valence-electron chi connectivity index (χ0n) is 6.73. The molecule has 0 saturated heterocycles. The SMILES string of the molecule is CCOCn1cnc(C(=O)O)c1. The molecule has 1 heterocycles. The van der Waals surface area contributed by atoms with Crippen LogP contribution in [0.5, 0.6) is 0 Å². The first-order valence-corrected chi connectivity index (χ1v) is 3.57. The van der Waals surface area contributed by atoms with Crippen molar-refractivity contribution in [3.05, 3.63) is 18.2 Å². The number of imidazole rings is 1. The van der Waals surface area contributed by atoms with E-state index in [0.717, 1.165) is 0 Å². The predicted octanol–water partition coefficient (Wildman–Crippen LogP) is 0.575. The van der Waals surface area contributed by atoms with Gasteiger partial charge >= 0.3 is 5.97 Å². The summed E-state index contributed by atoms with van der Waals surface area (Å²) >= 11 is 0. The largest absolute Gasteiger partial charge is 0.476 e. The van der Waals surface area contributed by atoms with E-state index in [9.17, 15) is 4.79 Å². The van der Waals surface area contributed by atoms with E-state index in [1.54, 1.807) is 4.57 Å². The third-order valence-electron chi connectivity index (χ3n) is 1.30. The monoisotopic (exact) mass is 170 g/mol. The molecule has 0 aliphatic rings. The van der Waals surface area contributed by atoms with Crippen molar-refractivity contribution in [3.63, 3.8) is 0 Å². The maximum atomic E-state index is 10.4. The molecule has 1 rings (SSSR count). The van der Waals surface area contributed by atoms with Gasteiger partial charge in [0.1, 0.15) is 6.73 Å². The molecule has 0 aromatic carbocycles. The Bertz CT molecular complexity index is 269. The van der Waals surface area contributed by atoms with Gasteiger partial charge in [0.25, 0.3) is 0 Å². The van der Waals surface area contributed by atoms with E-state index < -0.39 is 5.97 Å². The van der Waals surface area contributed by atoms with Gasteiger partial charge in [-0.2, -0.15) is 0 Å². The number of carboxylic acids is 1. The normalized spacial score (nSPS) is 10.1. The second-order valence-electron chi connectivity index (χ2n) is 2.20. The number of hydrogen-bond acceptors (Lipinski definition) is 3. The van der Waals surface area contributed by atoms with Gasteiger partial charge in [-0.1, -0.05) is 0 Å². The van der Waals surface area contributed by atoms with Gasteiger partial charge in [0.2, 0.25) is 0 Å². The number of aromatic carboxylic acids is 1. The van der Waals surface area contributed by atoms with E-state index >= 15 is 0 Å². The van der Waals surface area contributed by atoms with Crippen LogP contribution in [0.3, 0.4) is 0 Å². The molecular weight excluding hydrogens is 160 g/mol. The van der Waals surface area contributed by atoms with Crippen molar-refractivity contribution in [2.75, 3.05) is 6.61 Å². The molecule has 12 heavy (non-hydrogen) atoms. The highest BCUT2D eigenvalue weighted by Crippen LogP contribution is 1.95. The molecular formula is C7H10N2O3. The molecule has 1 aromatic rings. The van der Waals surface area contributed by atoms with Gasteiger partial charge in [-0.3, -0.25) is 0 Å². The van der Waals surface area contributed by atoms with E-state index in [4.69, 9.17) is 9.84 Å². The Labute approximate surface area is 69.6 Å². The van der Waals surface area contributed by atoms with Crippen LogP contribution < -0.4 is 0 Å². The molecule has 5 heteroatoms. The minimum absolute atomic E-state index is 0.0368. The topological polar surface area (TPSA) is 64.4 Å². The quantitative estimate of drug-likeness (QED) is 0.717. The minimum atomic E-state index is -1.02. The van der Waals surface area contributed by atoms with Gasteiger partial charge in [0.05, 0.1) is 6.33 Å². The number of rotatable bonds is 4. The molecule has 0 spiro atoms. The molecule has 0 radical (unpaired) electrons. The summed E-state index contributed by atoms with van der Waals surface area (Å²) in [6, 6.07) is 0. The summed E-state index contributed by atoms with van der Waals surface area (Å²) in [6.45, 7) is 2.81. The summed E-state index contributed by atoms with van der Waals surface area (Å²) < 4.78 is 6.62. The Kier molecular flexibility index (Phi) is 2.82. The van der Waals surface area contributed by atoms with Gasteiger partial charge in [-0.25, -0.2) is 9.78 Å². The van der Waals surface area contributed by atoms with Crippen molar-refractivity contribution in [1.29, 1.82) is 0 Å². The molecule has 0 amide bonds. The maximum Gasteiger partial charge on any atom is 0.356 e. The lowest BCUT2D eigenvalue weighted by atomic mass is 10.5. The van der Waals surface area contributed by atoms with Crippen LogP contribution in [0.25, 0.3) is 0 Å². The van der Waals surface area contributed by atoms with Crippen LogP contribution in [0.15, 0.2) is 12.5 Å². The van der Waals surface area contributed by atoms with Crippen molar-refractivity contribution < 1.29 is 14.6 Å². The smallest absolute Gasteiger partial charge is 0.356 e. The van der Waals surface area contributed by atoms with Gasteiger partial charge in [0.15, 0.2) is 5.69 Å². The Morgan fingerprint density at radius 2 is 2.58 bits per heavy atom.